The van der Waals surface area contributed by atoms with Crippen molar-refractivity contribution in [3.63, 3.8) is 0 Å². The number of anilines is 3. The van der Waals surface area contributed by atoms with Crippen molar-refractivity contribution < 1.29 is 18.0 Å². The number of halogens is 4. The Hall–Kier alpha value is -3.13. The molecule has 9 heteroatoms. The van der Waals surface area contributed by atoms with Crippen LogP contribution in [0.4, 0.5) is 30.5 Å². The standard InChI is InChI=1S/C17H10ClF3N4O/c18-9-3-1-2-4-11(9)24-17-22-8-7-13(25-17)16(26)23-12-6-5-10(19)14(20)15(12)21/h1-8H,(H,23,26)(H,22,24,25). The number of hydrogen-bond donors (Lipinski definition) is 2. The zero-order valence-electron chi connectivity index (χ0n) is 12.9. The molecule has 0 aliphatic heterocycles. The van der Waals surface area contributed by atoms with E-state index >= 15 is 0 Å². The minimum absolute atomic E-state index is 0.0801. The summed E-state index contributed by atoms with van der Waals surface area (Å²) in [6.45, 7) is 0. The van der Waals surface area contributed by atoms with Gasteiger partial charge in [0.1, 0.15) is 5.69 Å². The number of carbonyl (C=O) groups is 1. The highest BCUT2D eigenvalue weighted by atomic mass is 35.5. The molecule has 1 heterocycles. The Morgan fingerprint density at radius 3 is 2.50 bits per heavy atom. The van der Waals surface area contributed by atoms with E-state index in [0.29, 0.717) is 16.8 Å². The number of carbonyl (C=O) groups excluding carboxylic acids is 1. The van der Waals surface area contributed by atoms with E-state index in [-0.39, 0.29) is 11.6 Å². The molecule has 0 aliphatic rings. The van der Waals surface area contributed by atoms with Crippen LogP contribution in [0.15, 0.2) is 48.7 Å². The van der Waals surface area contributed by atoms with Crippen molar-refractivity contribution in [3.8, 4) is 0 Å². The maximum Gasteiger partial charge on any atom is 0.274 e. The molecule has 3 aromatic rings. The van der Waals surface area contributed by atoms with Crippen LogP contribution in [0.25, 0.3) is 0 Å². The normalized spacial score (nSPS) is 10.5. The fourth-order valence-electron chi connectivity index (χ4n) is 2.04. The van der Waals surface area contributed by atoms with Gasteiger partial charge in [-0.3, -0.25) is 4.79 Å². The van der Waals surface area contributed by atoms with Gasteiger partial charge in [0.2, 0.25) is 5.95 Å². The average Bonchev–Trinajstić information content (AvgIpc) is 2.64. The van der Waals surface area contributed by atoms with Crippen molar-refractivity contribution in [3.05, 3.63) is 76.8 Å². The minimum Gasteiger partial charge on any atom is -0.323 e. The number of hydrogen-bond acceptors (Lipinski definition) is 4. The van der Waals surface area contributed by atoms with Crippen LogP contribution in [0, 0.1) is 17.5 Å². The summed E-state index contributed by atoms with van der Waals surface area (Å²) >= 11 is 6.02. The Bertz CT molecular complexity index is 984. The van der Waals surface area contributed by atoms with Crippen LogP contribution >= 0.6 is 11.6 Å². The molecule has 0 saturated heterocycles. The van der Waals surface area contributed by atoms with E-state index < -0.39 is 29.0 Å². The lowest BCUT2D eigenvalue weighted by Gasteiger charge is -2.09. The van der Waals surface area contributed by atoms with Crippen LogP contribution in [0.1, 0.15) is 10.5 Å². The molecular weight excluding hydrogens is 369 g/mol. The van der Waals surface area contributed by atoms with E-state index in [1.165, 1.54) is 12.3 Å². The van der Waals surface area contributed by atoms with Gasteiger partial charge in [-0.15, -0.1) is 0 Å². The Balaban J connectivity index is 1.81. The number of benzene rings is 2. The third-order valence-electron chi connectivity index (χ3n) is 3.29. The summed E-state index contributed by atoms with van der Waals surface area (Å²) in [6.07, 6.45) is 1.31. The van der Waals surface area contributed by atoms with E-state index in [2.05, 4.69) is 20.6 Å². The first kappa shape index (κ1) is 17.7. The summed E-state index contributed by atoms with van der Waals surface area (Å²) in [7, 11) is 0. The molecule has 1 aromatic heterocycles. The van der Waals surface area contributed by atoms with Gasteiger partial charge in [0.05, 0.1) is 16.4 Å². The number of rotatable bonds is 4. The molecular formula is C17H10ClF3N4O. The number of amides is 1. The zero-order valence-corrected chi connectivity index (χ0v) is 13.7. The Morgan fingerprint density at radius 2 is 1.73 bits per heavy atom. The first-order valence-corrected chi connectivity index (χ1v) is 7.63. The first-order valence-electron chi connectivity index (χ1n) is 7.25. The molecule has 2 N–H and O–H groups in total. The molecule has 5 nitrogen and oxygen atoms in total. The Labute approximate surface area is 150 Å². The minimum atomic E-state index is -1.67. The van der Waals surface area contributed by atoms with Gasteiger partial charge in [0, 0.05) is 6.20 Å². The van der Waals surface area contributed by atoms with Gasteiger partial charge in [0.15, 0.2) is 17.5 Å². The highest BCUT2D eigenvalue weighted by Crippen LogP contribution is 2.23. The maximum atomic E-state index is 13.7. The summed E-state index contributed by atoms with van der Waals surface area (Å²) in [5, 5.41) is 5.40. The second-order valence-corrected chi connectivity index (χ2v) is 5.45. The van der Waals surface area contributed by atoms with E-state index in [1.807, 2.05) is 0 Å². The summed E-state index contributed by atoms with van der Waals surface area (Å²) in [4.78, 5) is 20.2. The van der Waals surface area contributed by atoms with E-state index in [0.717, 1.165) is 6.07 Å². The van der Waals surface area contributed by atoms with Crippen molar-refractivity contribution in [2.45, 2.75) is 0 Å². The van der Waals surface area contributed by atoms with Gasteiger partial charge in [-0.05, 0) is 30.3 Å². The van der Waals surface area contributed by atoms with Crippen molar-refractivity contribution in [2.24, 2.45) is 0 Å². The predicted molar refractivity (Wildman–Crippen MR) is 91.0 cm³/mol. The lowest BCUT2D eigenvalue weighted by atomic mass is 10.2. The number of aromatic nitrogens is 2. The fourth-order valence-corrected chi connectivity index (χ4v) is 2.22. The first-order chi connectivity index (χ1) is 12.5. The average molecular weight is 379 g/mol. The molecule has 0 unspecified atom stereocenters. The molecule has 0 atom stereocenters. The second-order valence-electron chi connectivity index (χ2n) is 5.05. The lowest BCUT2D eigenvalue weighted by Crippen LogP contribution is -2.16. The summed E-state index contributed by atoms with van der Waals surface area (Å²) in [5.41, 5.74) is -0.0924. The SMILES string of the molecule is O=C(Nc1ccc(F)c(F)c1F)c1ccnc(Nc2ccccc2Cl)n1. The molecule has 26 heavy (non-hydrogen) atoms. The van der Waals surface area contributed by atoms with E-state index in [9.17, 15) is 18.0 Å². The highest BCUT2D eigenvalue weighted by Gasteiger charge is 2.17. The largest absolute Gasteiger partial charge is 0.323 e. The van der Waals surface area contributed by atoms with Crippen molar-refractivity contribution in [2.75, 3.05) is 10.6 Å². The highest BCUT2D eigenvalue weighted by molar-refractivity contribution is 6.33. The van der Waals surface area contributed by atoms with Gasteiger partial charge in [-0.1, -0.05) is 23.7 Å². The van der Waals surface area contributed by atoms with Gasteiger partial charge >= 0.3 is 0 Å². The molecule has 2 aromatic carbocycles. The van der Waals surface area contributed by atoms with Crippen molar-refractivity contribution >= 4 is 34.8 Å². The zero-order chi connectivity index (χ0) is 18.7. The molecule has 0 fully saturated rings. The van der Waals surface area contributed by atoms with Crippen LogP contribution in [0.5, 0.6) is 0 Å². The van der Waals surface area contributed by atoms with Gasteiger partial charge < -0.3 is 10.6 Å². The lowest BCUT2D eigenvalue weighted by molar-refractivity contribution is 0.102. The third-order valence-corrected chi connectivity index (χ3v) is 3.62. The van der Waals surface area contributed by atoms with Gasteiger partial charge in [0.25, 0.3) is 5.91 Å². The molecule has 0 bridgehead atoms. The monoisotopic (exact) mass is 378 g/mol. The molecule has 0 saturated carbocycles. The van der Waals surface area contributed by atoms with Crippen LogP contribution in [0.3, 0.4) is 0 Å². The topological polar surface area (TPSA) is 66.9 Å². The van der Waals surface area contributed by atoms with Crippen LogP contribution in [-0.4, -0.2) is 15.9 Å². The summed E-state index contributed by atoms with van der Waals surface area (Å²) in [6, 6.07) is 9.74. The molecule has 3 rings (SSSR count). The fraction of sp³-hybridized carbons (Fsp3) is 0. The summed E-state index contributed by atoms with van der Waals surface area (Å²) < 4.78 is 39.8. The van der Waals surface area contributed by atoms with Crippen LogP contribution in [-0.2, 0) is 0 Å². The Morgan fingerprint density at radius 1 is 0.962 bits per heavy atom. The van der Waals surface area contributed by atoms with Crippen LogP contribution in [0.2, 0.25) is 5.02 Å². The number of nitrogens with zero attached hydrogens (tertiary/aromatic N) is 2. The smallest absolute Gasteiger partial charge is 0.274 e. The van der Waals surface area contributed by atoms with E-state index in [4.69, 9.17) is 11.6 Å². The predicted octanol–water partition coefficient (Wildman–Crippen LogP) is 4.54. The molecule has 0 spiro atoms. The molecule has 0 radical (unpaired) electrons. The van der Waals surface area contributed by atoms with Crippen LogP contribution < -0.4 is 10.6 Å². The molecule has 0 aliphatic carbocycles. The molecule has 132 valence electrons. The second kappa shape index (κ2) is 7.40. The van der Waals surface area contributed by atoms with Crippen molar-refractivity contribution in [1.82, 2.24) is 9.97 Å². The van der Waals surface area contributed by atoms with Gasteiger partial charge in [-0.2, -0.15) is 0 Å². The maximum absolute atomic E-state index is 13.7. The summed E-state index contributed by atoms with van der Waals surface area (Å²) in [5.74, 6) is -5.27. The number of para-hydroxylation sites is 1. The van der Waals surface area contributed by atoms with Gasteiger partial charge in [-0.25, -0.2) is 23.1 Å². The van der Waals surface area contributed by atoms with E-state index in [1.54, 1.807) is 24.3 Å². The van der Waals surface area contributed by atoms with Crippen molar-refractivity contribution in [1.29, 1.82) is 0 Å². The number of nitrogens with one attached hydrogen (secondary N) is 2. The Kier molecular flexibility index (Phi) is 5.04. The molecule has 1 amide bonds. The third kappa shape index (κ3) is 3.75. The quantitative estimate of drug-likeness (QED) is 0.654.